The lowest BCUT2D eigenvalue weighted by atomic mass is 10.2. The minimum absolute atomic E-state index is 0.382. The molecule has 0 amide bonds. The molecule has 2 rings (SSSR count). The van der Waals surface area contributed by atoms with E-state index in [1.54, 1.807) is 19.5 Å². The van der Waals surface area contributed by atoms with Crippen molar-refractivity contribution in [3.05, 3.63) is 24.0 Å². The smallest absolute Gasteiger partial charge is 0.0710 e. The van der Waals surface area contributed by atoms with Crippen LogP contribution in [0.3, 0.4) is 0 Å². The van der Waals surface area contributed by atoms with Crippen LogP contribution in [-0.2, 0) is 11.3 Å². The average Bonchev–Trinajstić information content (AvgIpc) is 2.69. The number of aromatic nitrogens is 1. The summed E-state index contributed by atoms with van der Waals surface area (Å²) in [6.07, 6.45) is 4.99. The molecule has 0 saturated carbocycles. The average molecular weight is 207 g/mol. The molecule has 1 unspecified atom stereocenters. The van der Waals surface area contributed by atoms with Gasteiger partial charge in [-0.15, -0.1) is 0 Å². The highest BCUT2D eigenvalue weighted by Gasteiger charge is 2.22. The number of likely N-dealkylation sites (tertiary alicyclic amines) is 1. The van der Waals surface area contributed by atoms with Gasteiger partial charge >= 0.3 is 0 Å². The third-order valence-electron chi connectivity index (χ3n) is 2.90. The maximum absolute atomic E-state index is 5.85. The van der Waals surface area contributed by atoms with E-state index in [-0.39, 0.29) is 0 Å². The van der Waals surface area contributed by atoms with Crippen molar-refractivity contribution >= 4 is 5.69 Å². The van der Waals surface area contributed by atoms with E-state index in [1.165, 1.54) is 0 Å². The van der Waals surface area contributed by atoms with Crippen molar-refractivity contribution in [2.45, 2.75) is 19.1 Å². The monoisotopic (exact) mass is 207 g/mol. The van der Waals surface area contributed by atoms with Gasteiger partial charge in [-0.25, -0.2) is 0 Å². The Hall–Kier alpha value is -1.13. The zero-order chi connectivity index (χ0) is 10.7. The summed E-state index contributed by atoms with van der Waals surface area (Å²) in [4.78, 5) is 6.34. The van der Waals surface area contributed by atoms with E-state index in [0.29, 0.717) is 6.10 Å². The van der Waals surface area contributed by atoms with E-state index in [9.17, 15) is 0 Å². The number of ether oxygens (including phenoxy) is 1. The molecule has 4 heteroatoms. The van der Waals surface area contributed by atoms with E-state index < -0.39 is 0 Å². The SMILES string of the molecule is COC1CCN(Cc2ccncc2N)C1. The Kier molecular flexibility index (Phi) is 3.18. The molecule has 0 aliphatic carbocycles. The van der Waals surface area contributed by atoms with Crippen LogP contribution < -0.4 is 5.73 Å². The van der Waals surface area contributed by atoms with Gasteiger partial charge in [-0.1, -0.05) is 0 Å². The molecule has 82 valence electrons. The first-order chi connectivity index (χ1) is 7.29. The summed E-state index contributed by atoms with van der Waals surface area (Å²) < 4.78 is 5.32. The standard InChI is InChI=1S/C11H17N3O/c1-15-10-3-5-14(8-10)7-9-2-4-13-6-11(9)12/h2,4,6,10H,3,5,7-8,12H2,1H3. The molecule has 2 heterocycles. The Morgan fingerprint density at radius 2 is 2.53 bits per heavy atom. The summed E-state index contributed by atoms with van der Waals surface area (Å²) in [6.45, 7) is 2.98. The summed E-state index contributed by atoms with van der Waals surface area (Å²) >= 11 is 0. The lowest BCUT2D eigenvalue weighted by molar-refractivity contribution is 0.107. The van der Waals surface area contributed by atoms with Gasteiger partial charge in [-0.2, -0.15) is 0 Å². The van der Waals surface area contributed by atoms with E-state index >= 15 is 0 Å². The first-order valence-electron chi connectivity index (χ1n) is 5.23. The number of nitrogens with two attached hydrogens (primary N) is 1. The Balaban J connectivity index is 1.96. The maximum Gasteiger partial charge on any atom is 0.0710 e. The molecule has 4 nitrogen and oxygen atoms in total. The van der Waals surface area contributed by atoms with Crippen LogP contribution in [-0.4, -0.2) is 36.2 Å². The van der Waals surface area contributed by atoms with Gasteiger partial charge < -0.3 is 10.5 Å². The number of rotatable bonds is 3. The maximum atomic E-state index is 5.85. The number of anilines is 1. The molecule has 0 bridgehead atoms. The van der Waals surface area contributed by atoms with Gasteiger partial charge in [-0.3, -0.25) is 9.88 Å². The van der Waals surface area contributed by atoms with Crippen molar-refractivity contribution in [1.82, 2.24) is 9.88 Å². The normalized spacial score (nSPS) is 22.1. The van der Waals surface area contributed by atoms with Crippen molar-refractivity contribution in [2.75, 3.05) is 25.9 Å². The van der Waals surface area contributed by atoms with Crippen molar-refractivity contribution in [2.24, 2.45) is 0 Å². The highest BCUT2D eigenvalue weighted by molar-refractivity contribution is 5.43. The van der Waals surface area contributed by atoms with Gasteiger partial charge in [0.25, 0.3) is 0 Å². The van der Waals surface area contributed by atoms with Crippen molar-refractivity contribution in [3.63, 3.8) is 0 Å². The molecule has 0 spiro atoms. The lowest BCUT2D eigenvalue weighted by Crippen LogP contribution is -2.22. The second kappa shape index (κ2) is 4.59. The van der Waals surface area contributed by atoms with Crippen molar-refractivity contribution in [1.29, 1.82) is 0 Å². The van der Waals surface area contributed by atoms with E-state index in [2.05, 4.69) is 9.88 Å². The molecule has 1 aliphatic heterocycles. The Bertz CT molecular complexity index is 329. The van der Waals surface area contributed by atoms with E-state index in [1.807, 2.05) is 6.07 Å². The van der Waals surface area contributed by atoms with Crippen LogP contribution in [0.5, 0.6) is 0 Å². The minimum Gasteiger partial charge on any atom is -0.397 e. The largest absolute Gasteiger partial charge is 0.397 e. The van der Waals surface area contributed by atoms with Gasteiger partial charge in [-0.05, 0) is 18.1 Å². The number of nitrogens with zero attached hydrogens (tertiary/aromatic N) is 2. The number of methoxy groups -OCH3 is 1. The Morgan fingerprint density at radius 3 is 3.20 bits per heavy atom. The summed E-state index contributed by atoms with van der Waals surface area (Å²) in [5, 5.41) is 0. The van der Waals surface area contributed by atoms with Crippen LogP contribution >= 0.6 is 0 Å². The molecule has 1 aromatic rings. The van der Waals surface area contributed by atoms with Crippen LogP contribution in [0.2, 0.25) is 0 Å². The molecule has 1 saturated heterocycles. The zero-order valence-corrected chi connectivity index (χ0v) is 9.02. The second-order valence-corrected chi connectivity index (χ2v) is 3.96. The summed E-state index contributed by atoms with van der Waals surface area (Å²) in [7, 11) is 1.77. The highest BCUT2D eigenvalue weighted by atomic mass is 16.5. The fourth-order valence-electron chi connectivity index (χ4n) is 1.95. The van der Waals surface area contributed by atoms with Crippen LogP contribution in [0.4, 0.5) is 5.69 Å². The predicted molar refractivity (Wildman–Crippen MR) is 59.3 cm³/mol. The molecule has 1 fully saturated rings. The van der Waals surface area contributed by atoms with Crippen LogP contribution in [0.15, 0.2) is 18.5 Å². The molecular weight excluding hydrogens is 190 g/mol. The number of nitrogen functional groups attached to an aromatic ring is 1. The zero-order valence-electron chi connectivity index (χ0n) is 9.02. The van der Waals surface area contributed by atoms with Gasteiger partial charge in [0.2, 0.25) is 0 Å². The molecule has 1 aliphatic rings. The minimum atomic E-state index is 0.382. The molecule has 1 aromatic heterocycles. The molecule has 2 N–H and O–H groups in total. The quantitative estimate of drug-likeness (QED) is 0.799. The van der Waals surface area contributed by atoms with Gasteiger partial charge in [0.1, 0.15) is 0 Å². The van der Waals surface area contributed by atoms with Crippen LogP contribution in [0.25, 0.3) is 0 Å². The van der Waals surface area contributed by atoms with Crippen molar-refractivity contribution < 1.29 is 4.74 Å². The predicted octanol–water partition coefficient (Wildman–Crippen LogP) is 0.884. The van der Waals surface area contributed by atoms with E-state index in [4.69, 9.17) is 10.5 Å². The Labute approximate surface area is 90.0 Å². The highest BCUT2D eigenvalue weighted by Crippen LogP contribution is 2.17. The summed E-state index contributed by atoms with van der Waals surface area (Å²) in [6, 6.07) is 1.98. The van der Waals surface area contributed by atoms with Gasteiger partial charge in [0.05, 0.1) is 18.0 Å². The topological polar surface area (TPSA) is 51.4 Å². The van der Waals surface area contributed by atoms with Crippen LogP contribution in [0.1, 0.15) is 12.0 Å². The molecule has 0 aromatic carbocycles. The third kappa shape index (κ3) is 2.46. The lowest BCUT2D eigenvalue weighted by Gasteiger charge is -2.16. The number of hydrogen-bond donors (Lipinski definition) is 1. The fourth-order valence-corrected chi connectivity index (χ4v) is 1.95. The molecule has 0 radical (unpaired) electrons. The Morgan fingerprint density at radius 1 is 1.67 bits per heavy atom. The third-order valence-corrected chi connectivity index (χ3v) is 2.90. The number of pyridine rings is 1. The molecular formula is C11H17N3O. The summed E-state index contributed by atoms with van der Waals surface area (Å²) in [5.74, 6) is 0. The van der Waals surface area contributed by atoms with Gasteiger partial charge in [0, 0.05) is 32.9 Å². The molecule has 15 heavy (non-hydrogen) atoms. The first kappa shape index (κ1) is 10.4. The fraction of sp³-hybridized carbons (Fsp3) is 0.545. The van der Waals surface area contributed by atoms with Gasteiger partial charge in [0.15, 0.2) is 0 Å². The number of hydrogen-bond acceptors (Lipinski definition) is 4. The second-order valence-electron chi connectivity index (χ2n) is 3.96. The first-order valence-corrected chi connectivity index (χ1v) is 5.23. The summed E-state index contributed by atoms with van der Waals surface area (Å²) in [5.41, 5.74) is 7.78. The van der Waals surface area contributed by atoms with E-state index in [0.717, 1.165) is 37.3 Å². The molecule has 1 atom stereocenters. The van der Waals surface area contributed by atoms with Crippen LogP contribution in [0, 0.1) is 0 Å². The van der Waals surface area contributed by atoms with Crippen molar-refractivity contribution in [3.8, 4) is 0 Å².